The first-order chi connectivity index (χ1) is 8.36. The third-order valence-electron chi connectivity index (χ3n) is 2.55. The molecule has 0 aliphatic heterocycles. The topological polar surface area (TPSA) is 49.9 Å². The van der Waals surface area contributed by atoms with Gasteiger partial charge in [-0.1, -0.05) is 18.2 Å². The molecule has 0 bridgehead atoms. The lowest BCUT2D eigenvalue weighted by molar-refractivity contribution is 0.307. The Hall–Kier alpha value is -1.81. The second kappa shape index (κ2) is 6.06. The molecular formula is C13H17N3O. The highest BCUT2D eigenvalue weighted by Gasteiger charge is 2.04. The summed E-state index contributed by atoms with van der Waals surface area (Å²) >= 11 is 0. The van der Waals surface area contributed by atoms with Crippen LogP contribution in [0.25, 0.3) is 0 Å². The minimum absolute atomic E-state index is 0.261. The van der Waals surface area contributed by atoms with E-state index < -0.39 is 0 Å². The van der Waals surface area contributed by atoms with Gasteiger partial charge in [0, 0.05) is 18.8 Å². The molecule has 2 N–H and O–H groups in total. The number of aromatic nitrogens is 2. The normalized spacial score (nSPS) is 12.3. The first kappa shape index (κ1) is 11.7. The molecule has 4 nitrogen and oxygen atoms in total. The molecule has 0 amide bonds. The number of rotatable bonds is 6. The Bertz CT molecular complexity index is 413. The number of H-pyrrole nitrogens is 1. The molecule has 0 aliphatic carbocycles. The smallest absolute Gasteiger partial charge is 0.119 e. The van der Waals surface area contributed by atoms with Crippen molar-refractivity contribution < 1.29 is 4.74 Å². The van der Waals surface area contributed by atoms with Crippen LogP contribution in [0.5, 0.6) is 5.75 Å². The van der Waals surface area contributed by atoms with Crippen molar-refractivity contribution in [1.82, 2.24) is 15.5 Å². The van der Waals surface area contributed by atoms with E-state index in [2.05, 4.69) is 22.4 Å². The van der Waals surface area contributed by atoms with Gasteiger partial charge in [0.1, 0.15) is 12.4 Å². The monoisotopic (exact) mass is 231 g/mol. The molecule has 1 unspecified atom stereocenters. The minimum atomic E-state index is 0.261. The summed E-state index contributed by atoms with van der Waals surface area (Å²) in [7, 11) is 0. The number of para-hydroxylation sites is 1. The molecule has 0 spiro atoms. The molecule has 0 fully saturated rings. The van der Waals surface area contributed by atoms with Gasteiger partial charge in [-0.15, -0.1) is 0 Å². The summed E-state index contributed by atoms with van der Waals surface area (Å²) in [5.74, 6) is 0.906. The second-order valence-electron chi connectivity index (χ2n) is 3.85. The average Bonchev–Trinajstić information content (AvgIpc) is 2.89. The maximum Gasteiger partial charge on any atom is 0.119 e. The van der Waals surface area contributed by atoms with Crippen LogP contribution in [0, 0.1) is 0 Å². The predicted octanol–water partition coefficient (Wildman–Crippen LogP) is 2.14. The zero-order valence-electron chi connectivity index (χ0n) is 9.89. The molecule has 0 radical (unpaired) electrons. The van der Waals surface area contributed by atoms with E-state index in [0.717, 1.165) is 18.0 Å². The SMILES string of the molecule is CC(NCCOc1ccccc1)c1ccn[nH]1. The molecule has 1 heterocycles. The fourth-order valence-corrected chi connectivity index (χ4v) is 1.58. The van der Waals surface area contributed by atoms with Crippen LogP contribution in [-0.2, 0) is 0 Å². The highest BCUT2D eigenvalue weighted by atomic mass is 16.5. The first-order valence-electron chi connectivity index (χ1n) is 5.77. The van der Waals surface area contributed by atoms with E-state index >= 15 is 0 Å². The number of ether oxygens (including phenoxy) is 1. The summed E-state index contributed by atoms with van der Waals surface area (Å²) in [4.78, 5) is 0. The fraction of sp³-hybridized carbons (Fsp3) is 0.308. The Morgan fingerprint density at radius 3 is 2.82 bits per heavy atom. The van der Waals surface area contributed by atoms with Crippen LogP contribution >= 0.6 is 0 Å². The maximum absolute atomic E-state index is 5.59. The molecule has 2 rings (SSSR count). The number of benzene rings is 1. The molecule has 0 aliphatic rings. The predicted molar refractivity (Wildman–Crippen MR) is 66.9 cm³/mol. The highest BCUT2D eigenvalue weighted by molar-refractivity contribution is 5.20. The lowest BCUT2D eigenvalue weighted by Gasteiger charge is -2.12. The van der Waals surface area contributed by atoms with Crippen LogP contribution in [0.15, 0.2) is 42.6 Å². The van der Waals surface area contributed by atoms with Crippen molar-refractivity contribution in [3.05, 3.63) is 48.3 Å². The lowest BCUT2D eigenvalue weighted by atomic mass is 10.2. The molecule has 0 saturated carbocycles. The van der Waals surface area contributed by atoms with E-state index in [4.69, 9.17) is 4.74 Å². The largest absolute Gasteiger partial charge is 0.492 e. The molecule has 4 heteroatoms. The van der Waals surface area contributed by atoms with E-state index in [1.165, 1.54) is 0 Å². The van der Waals surface area contributed by atoms with Crippen LogP contribution < -0.4 is 10.1 Å². The van der Waals surface area contributed by atoms with Crippen molar-refractivity contribution in [2.75, 3.05) is 13.2 Å². The quantitative estimate of drug-likeness (QED) is 0.749. The summed E-state index contributed by atoms with van der Waals surface area (Å²) in [5, 5.41) is 10.2. The summed E-state index contributed by atoms with van der Waals surface area (Å²) in [6.45, 7) is 3.55. The Kier molecular flexibility index (Phi) is 4.16. The van der Waals surface area contributed by atoms with Crippen LogP contribution in [0.2, 0.25) is 0 Å². The van der Waals surface area contributed by atoms with Crippen molar-refractivity contribution in [2.45, 2.75) is 13.0 Å². The van der Waals surface area contributed by atoms with Gasteiger partial charge in [0.15, 0.2) is 0 Å². The van der Waals surface area contributed by atoms with Crippen LogP contribution in [0.4, 0.5) is 0 Å². The standard InChI is InChI=1S/C13H17N3O/c1-11(13-7-8-15-16-13)14-9-10-17-12-5-3-2-4-6-12/h2-8,11,14H,9-10H2,1H3,(H,15,16). The number of nitrogens with one attached hydrogen (secondary N) is 2. The summed E-state index contributed by atoms with van der Waals surface area (Å²) in [5.41, 5.74) is 1.09. The van der Waals surface area contributed by atoms with Gasteiger partial charge < -0.3 is 10.1 Å². The Morgan fingerprint density at radius 1 is 1.29 bits per heavy atom. The van der Waals surface area contributed by atoms with Gasteiger partial charge in [-0.05, 0) is 25.1 Å². The van der Waals surface area contributed by atoms with Crippen molar-refractivity contribution in [2.24, 2.45) is 0 Å². The fourth-order valence-electron chi connectivity index (χ4n) is 1.58. The first-order valence-corrected chi connectivity index (χ1v) is 5.77. The van der Waals surface area contributed by atoms with Crippen molar-refractivity contribution in [3.63, 3.8) is 0 Å². The van der Waals surface area contributed by atoms with Crippen LogP contribution in [-0.4, -0.2) is 23.3 Å². The summed E-state index contributed by atoms with van der Waals surface area (Å²) in [6.07, 6.45) is 1.76. The molecule has 0 saturated heterocycles. The lowest BCUT2D eigenvalue weighted by Crippen LogP contribution is -2.24. The van der Waals surface area contributed by atoms with Gasteiger partial charge in [-0.25, -0.2) is 0 Å². The van der Waals surface area contributed by atoms with Crippen molar-refractivity contribution in [1.29, 1.82) is 0 Å². The molecular weight excluding hydrogens is 214 g/mol. The number of aromatic amines is 1. The highest BCUT2D eigenvalue weighted by Crippen LogP contribution is 2.09. The van der Waals surface area contributed by atoms with Gasteiger partial charge in [-0.2, -0.15) is 5.10 Å². The number of nitrogens with zero attached hydrogens (tertiary/aromatic N) is 1. The molecule has 1 aromatic carbocycles. The summed E-state index contributed by atoms with van der Waals surface area (Å²) in [6, 6.07) is 12.1. The van der Waals surface area contributed by atoms with E-state index in [0.29, 0.717) is 6.61 Å². The third-order valence-corrected chi connectivity index (χ3v) is 2.55. The zero-order valence-corrected chi connectivity index (χ0v) is 9.89. The van der Waals surface area contributed by atoms with Gasteiger partial charge in [-0.3, -0.25) is 5.10 Å². The van der Waals surface area contributed by atoms with E-state index in [1.54, 1.807) is 6.20 Å². The van der Waals surface area contributed by atoms with Gasteiger partial charge in [0.2, 0.25) is 0 Å². The number of hydrogen-bond donors (Lipinski definition) is 2. The van der Waals surface area contributed by atoms with E-state index in [-0.39, 0.29) is 6.04 Å². The van der Waals surface area contributed by atoms with Crippen LogP contribution in [0.3, 0.4) is 0 Å². The van der Waals surface area contributed by atoms with Crippen LogP contribution in [0.1, 0.15) is 18.7 Å². The molecule has 90 valence electrons. The Labute approximate surface area is 101 Å². The third kappa shape index (κ3) is 3.60. The Morgan fingerprint density at radius 2 is 2.12 bits per heavy atom. The van der Waals surface area contributed by atoms with Crippen molar-refractivity contribution in [3.8, 4) is 5.75 Å². The van der Waals surface area contributed by atoms with E-state index in [9.17, 15) is 0 Å². The van der Waals surface area contributed by atoms with Crippen molar-refractivity contribution >= 4 is 0 Å². The molecule has 1 atom stereocenters. The van der Waals surface area contributed by atoms with Gasteiger partial charge in [0.25, 0.3) is 0 Å². The number of hydrogen-bond acceptors (Lipinski definition) is 3. The minimum Gasteiger partial charge on any atom is -0.492 e. The average molecular weight is 231 g/mol. The molecule has 17 heavy (non-hydrogen) atoms. The zero-order chi connectivity index (χ0) is 11.9. The van der Waals surface area contributed by atoms with E-state index in [1.807, 2.05) is 36.4 Å². The molecule has 1 aromatic heterocycles. The van der Waals surface area contributed by atoms with Gasteiger partial charge >= 0.3 is 0 Å². The summed E-state index contributed by atoms with van der Waals surface area (Å²) < 4.78 is 5.59. The molecule has 2 aromatic rings. The second-order valence-corrected chi connectivity index (χ2v) is 3.85. The van der Waals surface area contributed by atoms with Gasteiger partial charge in [0.05, 0.1) is 5.69 Å². The maximum atomic E-state index is 5.59. The Balaban J connectivity index is 1.67.